The van der Waals surface area contributed by atoms with Gasteiger partial charge in [0, 0.05) is 17.7 Å². The second-order valence-electron chi connectivity index (χ2n) is 3.09. The van der Waals surface area contributed by atoms with Crippen molar-refractivity contribution in [3.05, 3.63) is 52.3 Å². The second-order valence-corrected chi connectivity index (χ2v) is 3.09. The number of hydrogen-bond donors (Lipinski definition) is 1. The van der Waals surface area contributed by atoms with Crippen molar-refractivity contribution in [1.82, 2.24) is 0 Å². The van der Waals surface area contributed by atoms with Gasteiger partial charge < -0.3 is 5.73 Å². The Morgan fingerprint density at radius 2 is 2.33 bits per heavy atom. The normalized spacial score (nSPS) is 12.1. The highest BCUT2D eigenvalue weighted by atomic mass is 19.1. The summed E-state index contributed by atoms with van der Waals surface area (Å²) >= 11 is 0. The number of nitro groups is 1. The lowest BCUT2D eigenvalue weighted by Crippen LogP contribution is -2.11. The Morgan fingerprint density at radius 3 is 2.87 bits per heavy atom. The molecule has 1 aromatic rings. The first-order valence-electron chi connectivity index (χ1n) is 4.36. The third kappa shape index (κ3) is 2.60. The molecule has 0 spiro atoms. The number of hydrogen-bond acceptors (Lipinski definition) is 3. The molecule has 80 valence electrons. The number of benzene rings is 1. The Bertz CT molecular complexity index is 393. The molecule has 1 atom stereocenters. The predicted molar refractivity (Wildman–Crippen MR) is 54.8 cm³/mol. The molecule has 0 radical (unpaired) electrons. The van der Waals surface area contributed by atoms with Crippen LogP contribution in [0.3, 0.4) is 0 Å². The lowest BCUT2D eigenvalue weighted by atomic mass is 10.0. The molecule has 0 aliphatic heterocycles. The van der Waals surface area contributed by atoms with Crippen LogP contribution in [0.1, 0.15) is 18.0 Å². The van der Waals surface area contributed by atoms with Crippen LogP contribution >= 0.6 is 0 Å². The largest absolute Gasteiger partial charge is 0.323 e. The zero-order valence-electron chi connectivity index (χ0n) is 8.02. The SMILES string of the molecule is C=CC[C@@H](N)c1cc(F)ccc1[N+](=O)[O-]. The van der Waals surface area contributed by atoms with E-state index in [1.807, 2.05) is 0 Å². The summed E-state index contributed by atoms with van der Waals surface area (Å²) in [5, 5.41) is 10.6. The summed E-state index contributed by atoms with van der Waals surface area (Å²) < 4.78 is 12.9. The molecule has 0 fully saturated rings. The maximum absolute atomic E-state index is 12.9. The van der Waals surface area contributed by atoms with Crippen LogP contribution in [-0.4, -0.2) is 4.92 Å². The van der Waals surface area contributed by atoms with E-state index < -0.39 is 16.8 Å². The zero-order valence-corrected chi connectivity index (χ0v) is 8.02. The predicted octanol–water partition coefficient (Wildman–Crippen LogP) is 2.31. The summed E-state index contributed by atoms with van der Waals surface area (Å²) in [5.41, 5.74) is 5.70. The fraction of sp³-hybridized carbons (Fsp3) is 0.200. The monoisotopic (exact) mass is 210 g/mol. The van der Waals surface area contributed by atoms with Crippen molar-refractivity contribution in [2.45, 2.75) is 12.5 Å². The molecule has 0 saturated heterocycles. The van der Waals surface area contributed by atoms with Crippen LogP contribution in [-0.2, 0) is 0 Å². The molecule has 0 aliphatic carbocycles. The Labute approximate surface area is 86.4 Å². The number of halogens is 1. The van der Waals surface area contributed by atoms with Crippen molar-refractivity contribution in [3.8, 4) is 0 Å². The van der Waals surface area contributed by atoms with E-state index in [0.29, 0.717) is 6.42 Å². The number of nitro benzene ring substituents is 1. The minimum atomic E-state index is -0.599. The maximum Gasteiger partial charge on any atom is 0.274 e. The summed E-state index contributed by atoms with van der Waals surface area (Å²) in [5.74, 6) is -0.532. The molecule has 2 N–H and O–H groups in total. The molecule has 0 aliphatic rings. The van der Waals surface area contributed by atoms with Crippen molar-refractivity contribution in [2.24, 2.45) is 5.73 Å². The first-order valence-corrected chi connectivity index (χ1v) is 4.36. The van der Waals surface area contributed by atoms with Gasteiger partial charge in [0.2, 0.25) is 0 Å². The Hall–Kier alpha value is -1.75. The molecule has 1 rings (SSSR count). The molecule has 0 amide bonds. The van der Waals surface area contributed by atoms with Crippen LogP contribution in [0.2, 0.25) is 0 Å². The molecule has 0 aromatic heterocycles. The number of nitrogens with two attached hydrogens (primary N) is 1. The minimum Gasteiger partial charge on any atom is -0.323 e. The molecular weight excluding hydrogens is 199 g/mol. The molecule has 0 heterocycles. The lowest BCUT2D eigenvalue weighted by Gasteiger charge is -2.09. The lowest BCUT2D eigenvalue weighted by molar-refractivity contribution is -0.385. The van der Waals surface area contributed by atoms with Gasteiger partial charge in [0.25, 0.3) is 5.69 Å². The quantitative estimate of drug-likeness (QED) is 0.471. The smallest absolute Gasteiger partial charge is 0.274 e. The fourth-order valence-corrected chi connectivity index (χ4v) is 1.30. The summed E-state index contributed by atoms with van der Waals surface area (Å²) in [6, 6.07) is 2.65. The molecular formula is C10H11FN2O2. The summed E-state index contributed by atoms with van der Waals surface area (Å²) in [6.45, 7) is 3.48. The molecule has 0 unspecified atom stereocenters. The third-order valence-electron chi connectivity index (χ3n) is 2.01. The van der Waals surface area contributed by atoms with Gasteiger partial charge in [-0.25, -0.2) is 4.39 Å². The van der Waals surface area contributed by atoms with Gasteiger partial charge in [-0.15, -0.1) is 6.58 Å². The van der Waals surface area contributed by atoms with Gasteiger partial charge in [0.1, 0.15) is 5.82 Å². The van der Waals surface area contributed by atoms with E-state index in [9.17, 15) is 14.5 Å². The fourth-order valence-electron chi connectivity index (χ4n) is 1.30. The average Bonchev–Trinajstić information content (AvgIpc) is 2.17. The topological polar surface area (TPSA) is 69.2 Å². The van der Waals surface area contributed by atoms with Gasteiger partial charge in [-0.3, -0.25) is 10.1 Å². The van der Waals surface area contributed by atoms with E-state index in [1.54, 1.807) is 6.08 Å². The molecule has 1 aromatic carbocycles. The van der Waals surface area contributed by atoms with E-state index in [0.717, 1.165) is 18.2 Å². The van der Waals surface area contributed by atoms with E-state index >= 15 is 0 Å². The highest BCUT2D eigenvalue weighted by molar-refractivity contribution is 5.42. The third-order valence-corrected chi connectivity index (χ3v) is 2.01. The van der Waals surface area contributed by atoms with Crippen LogP contribution in [0.5, 0.6) is 0 Å². The van der Waals surface area contributed by atoms with Gasteiger partial charge in [0.05, 0.1) is 4.92 Å². The van der Waals surface area contributed by atoms with Crippen LogP contribution in [0.4, 0.5) is 10.1 Å². The van der Waals surface area contributed by atoms with E-state index in [2.05, 4.69) is 6.58 Å². The Morgan fingerprint density at radius 1 is 1.67 bits per heavy atom. The highest BCUT2D eigenvalue weighted by Gasteiger charge is 2.18. The molecule has 15 heavy (non-hydrogen) atoms. The zero-order chi connectivity index (χ0) is 11.4. The van der Waals surface area contributed by atoms with E-state index in [4.69, 9.17) is 5.73 Å². The average molecular weight is 210 g/mol. The Kier molecular flexibility index (Phi) is 3.51. The first kappa shape index (κ1) is 11.3. The standard InChI is InChI=1S/C10H11FN2O2/c1-2-3-9(12)8-6-7(11)4-5-10(8)13(14)15/h2,4-6,9H,1,3,12H2/t9-/m1/s1. The van der Waals surface area contributed by atoms with E-state index in [-0.39, 0.29) is 11.3 Å². The molecule has 0 bridgehead atoms. The number of nitrogens with zero attached hydrogens (tertiary/aromatic N) is 1. The van der Waals surface area contributed by atoms with Crippen LogP contribution in [0.15, 0.2) is 30.9 Å². The van der Waals surface area contributed by atoms with Crippen LogP contribution in [0.25, 0.3) is 0 Å². The van der Waals surface area contributed by atoms with Crippen molar-refractivity contribution < 1.29 is 9.31 Å². The van der Waals surface area contributed by atoms with Gasteiger partial charge >= 0.3 is 0 Å². The van der Waals surface area contributed by atoms with Gasteiger partial charge in [-0.2, -0.15) is 0 Å². The minimum absolute atomic E-state index is 0.161. The van der Waals surface area contributed by atoms with Crippen LogP contribution in [0, 0.1) is 15.9 Å². The van der Waals surface area contributed by atoms with Gasteiger partial charge in [-0.05, 0) is 18.6 Å². The van der Waals surface area contributed by atoms with Crippen molar-refractivity contribution in [3.63, 3.8) is 0 Å². The van der Waals surface area contributed by atoms with E-state index in [1.165, 1.54) is 0 Å². The van der Waals surface area contributed by atoms with Crippen molar-refractivity contribution in [2.75, 3.05) is 0 Å². The van der Waals surface area contributed by atoms with Crippen molar-refractivity contribution >= 4 is 5.69 Å². The summed E-state index contributed by atoms with van der Waals surface area (Å²) in [6.07, 6.45) is 1.91. The van der Waals surface area contributed by atoms with Gasteiger partial charge in [-0.1, -0.05) is 6.08 Å². The van der Waals surface area contributed by atoms with Crippen molar-refractivity contribution in [1.29, 1.82) is 0 Å². The first-order chi connectivity index (χ1) is 7.06. The second kappa shape index (κ2) is 4.65. The van der Waals surface area contributed by atoms with Crippen LogP contribution < -0.4 is 5.73 Å². The Balaban J connectivity index is 3.17. The summed E-state index contributed by atoms with van der Waals surface area (Å²) in [4.78, 5) is 10.1. The molecule has 0 saturated carbocycles. The van der Waals surface area contributed by atoms with Gasteiger partial charge in [0.15, 0.2) is 0 Å². The number of rotatable bonds is 4. The summed E-state index contributed by atoms with van der Waals surface area (Å²) in [7, 11) is 0. The molecule has 4 nitrogen and oxygen atoms in total. The highest BCUT2D eigenvalue weighted by Crippen LogP contribution is 2.26. The maximum atomic E-state index is 12.9. The molecule has 5 heteroatoms.